The van der Waals surface area contributed by atoms with Crippen LogP contribution in [0.25, 0.3) is 0 Å². The van der Waals surface area contributed by atoms with Gasteiger partial charge < -0.3 is 9.84 Å². The predicted octanol–water partition coefficient (Wildman–Crippen LogP) is 4.68. The maximum absolute atomic E-state index is 13.9. The second-order valence-corrected chi connectivity index (χ2v) is 11.3. The molecular formula is C30H23BrClNO6. The Morgan fingerprint density at radius 3 is 2.49 bits per heavy atom. The number of aliphatic hydroxyl groups is 1. The Bertz CT molecular complexity index is 1520. The fourth-order valence-corrected chi connectivity index (χ4v) is 6.99. The van der Waals surface area contributed by atoms with Crippen LogP contribution in [0, 0.1) is 17.8 Å². The predicted molar refractivity (Wildman–Crippen MR) is 148 cm³/mol. The van der Waals surface area contributed by atoms with Crippen molar-refractivity contribution < 1.29 is 29.0 Å². The molecule has 0 spiro atoms. The number of carbonyl (C=O) groups is 4. The number of nitrogens with zero attached hydrogens (tertiary/aromatic N) is 1. The summed E-state index contributed by atoms with van der Waals surface area (Å²) in [5, 5.41) is 9.86. The van der Waals surface area contributed by atoms with Gasteiger partial charge in [0.15, 0.2) is 11.6 Å². The first-order valence-corrected chi connectivity index (χ1v) is 13.8. The van der Waals surface area contributed by atoms with E-state index in [2.05, 4.69) is 15.9 Å². The van der Waals surface area contributed by atoms with E-state index in [1.54, 1.807) is 36.4 Å². The Kier molecular flexibility index (Phi) is 6.65. The highest BCUT2D eigenvalue weighted by Gasteiger charge is 2.56. The van der Waals surface area contributed by atoms with E-state index in [0.29, 0.717) is 39.6 Å². The number of imide groups is 1. The highest BCUT2D eigenvalue weighted by Crippen LogP contribution is 2.56. The van der Waals surface area contributed by atoms with Gasteiger partial charge in [0, 0.05) is 33.7 Å². The number of aliphatic hydroxyl groups excluding tert-OH is 1. The van der Waals surface area contributed by atoms with E-state index >= 15 is 0 Å². The van der Waals surface area contributed by atoms with Gasteiger partial charge >= 0.3 is 0 Å². The van der Waals surface area contributed by atoms with Gasteiger partial charge in [-0.1, -0.05) is 41.4 Å². The number of halogens is 2. The number of para-hydroxylation sites is 1. The van der Waals surface area contributed by atoms with E-state index in [1.165, 1.54) is 11.0 Å². The van der Waals surface area contributed by atoms with Crippen LogP contribution >= 0.6 is 27.5 Å². The third kappa shape index (κ3) is 4.13. The average Bonchev–Trinajstić information content (AvgIpc) is 3.19. The molecule has 6 rings (SSSR count). The number of rotatable bonds is 5. The van der Waals surface area contributed by atoms with Crippen molar-refractivity contribution in [3.8, 4) is 5.75 Å². The lowest BCUT2D eigenvalue weighted by Crippen LogP contribution is -2.39. The zero-order chi connectivity index (χ0) is 27.4. The molecule has 0 bridgehead atoms. The van der Waals surface area contributed by atoms with E-state index in [0.717, 1.165) is 5.57 Å². The zero-order valence-electron chi connectivity index (χ0n) is 20.6. The van der Waals surface area contributed by atoms with Crippen molar-refractivity contribution in [1.82, 2.24) is 0 Å². The number of hydrogen-bond acceptors (Lipinski definition) is 6. The fraction of sp³-hybridized carbons (Fsp3) is 0.267. The molecule has 2 amide bonds. The molecular weight excluding hydrogens is 586 g/mol. The molecule has 198 valence electrons. The van der Waals surface area contributed by atoms with Crippen LogP contribution in [-0.4, -0.2) is 41.7 Å². The largest absolute Gasteiger partial charge is 0.491 e. The first-order chi connectivity index (χ1) is 18.8. The van der Waals surface area contributed by atoms with Crippen molar-refractivity contribution in [2.24, 2.45) is 17.8 Å². The Hall–Kier alpha value is -3.33. The van der Waals surface area contributed by atoms with E-state index < -0.39 is 23.7 Å². The van der Waals surface area contributed by atoms with Gasteiger partial charge in [-0.05, 0) is 65.0 Å². The van der Waals surface area contributed by atoms with Gasteiger partial charge in [0.1, 0.15) is 12.4 Å². The first kappa shape index (κ1) is 25.9. The van der Waals surface area contributed by atoms with Gasteiger partial charge in [-0.2, -0.15) is 0 Å². The highest BCUT2D eigenvalue weighted by atomic mass is 79.9. The third-order valence-corrected chi connectivity index (χ3v) is 8.84. The van der Waals surface area contributed by atoms with Gasteiger partial charge in [-0.15, -0.1) is 0 Å². The summed E-state index contributed by atoms with van der Waals surface area (Å²) in [6.07, 6.45) is 3.78. The molecule has 7 nitrogen and oxygen atoms in total. The molecule has 0 aromatic heterocycles. The van der Waals surface area contributed by atoms with Crippen LogP contribution in [0.5, 0.6) is 5.75 Å². The lowest BCUT2D eigenvalue weighted by atomic mass is 9.59. The number of carbonyl (C=O) groups excluding carboxylic acids is 4. The smallest absolute Gasteiger partial charge is 0.238 e. The number of hydrogen-bond donors (Lipinski definition) is 1. The van der Waals surface area contributed by atoms with E-state index in [4.69, 9.17) is 16.3 Å². The van der Waals surface area contributed by atoms with Crippen molar-refractivity contribution >= 4 is 56.6 Å². The fourth-order valence-electron chi connectivity index (χ4n) is 6.41. The molecule has 2 aromatic carbocycles. The van der Waals surface area contributed by atoms with Crippen LogP contribution in [0.4, 0.5) is 5.69 Å². The average molecular weight is 609 g/mol. The summed E-state index contributed by atoms with van der Waals surface area (Å²) in [7, 11) is 0. The number of benzene rings is 2. The number of Topliss-reactive ketones (excluding diaryl/α,β-unsaturated/α-hetero) is 1. The Morgan fingerprint density at radius 2 is 1.74 bits per heavy atom. The van der Waals surface area contributed by atoms with Crippen molar-refractivity contribution in [1.29, 1.82) is 0 Å². The number of fused-ring (bicyclic) bond motifs is 3. The number of ketones is 2. The van der Waals surface area contributed by atoms with Gasteiger partial charge in [0.2, 0.25) is 11.8 Å². The van der Waals surface area contributed by atoms with Crippen LogP contribution in [0.15, 0.2) is 81.9 Å². The standard InChI is InChI=1S/C30H23BrClNO6/c31-22-14-23(35)27-21(28(22)36)13-20-17(25(27)18-3-1-2-4-24(18)39-12-11-34)9-10-19-26(20)30(38)33(29(19)37)16-7-5-15(32)6-8-16/h1-9,14,19-20,25-26,34H,10-13H2/t19-,20+,25+,26-/m0/s1. The topological polar surface area (TPSA) is 101 Å². The van der Waals surface area contributed by atoms with E-state index in [9.17, 15) is 24.3 Å². The minimum atomic E-state index is -0.678. The van der Waals surface area contributed by atoms with Crippen molar-refractivity contribution in [2.75, 3.05) is 18.1 Å². The normalized spacial score (nSPS) is 26.2. The number of ether oxygens (including phenoxy) is 1. The monoisotopic (exact) mass is 607 g/mol. The van der Waals surface area contributed by atoms with Gasteiger partial charge in [0.05, 0.1) is 28.6 Å². The molecule has 9 heteroatoms. The van der Waals surface area contributed by atoms with Crippen LogP contribution < -0.4 is 9.64 Å². The highest BCUT2D eigenvalue weighted by molar-refractivity contribution is 9.12. The quantitative estimate of drug-likeness (QED) is 0.301. The van der Waals surface area contributed by atoms with Crippen molar-refractivity contribution in [3.05, 3.63) is 92.5 Å². The van der Waals surface area contributed by atoms with Crippen LogP contribution in [0.3, 0.4) is 0 Å². The molecule has 1 fully saturated rings. The summed E-state index contributed by atoms with van der Waals surface area (Å²) < 4.78 is 6.00. The van der Waals surface area contributed by atoms with Gasteiger partial charge in [-0.3, -0.25) is 24.1 Å². The summed E-state index contributed by atoms with van der Waals surface area (Å²) >= 11 is 9.27. The molecule has 1 heterocycles. The molecule has 2 aromatic rings. The summed E-state index contributed by atoms with van der Waals surface area (Å²) in [6.45, 7) is -0.129. The molecule has 3 aliphatic carbocycles. The van der Waals surface area contributed by atoms with Crippen LogP contribution in [0.2, 0.25) is 5.02 Å². The van der Waals surface area contributed by atoms with Gasteiger partial charge in [-0.25, -0.2) is 0 Å². The SMILES string of the molecule is O=C1C=C(Br)C(=O)C2=C1[C@@H](c1ccccc1OCCO)C1=CC[C@@H]3C(=O)N(c4ccc(Cl)cc4)C(=O)[C@@H]3[C@@H]1C2. The number of allylic oxidation sites excluding steroid dienone is 6. The summed E-state index contributed by atoms with van der Waals surface area (Å²) in [5.74, 6) is -3.03. The molecule has 4 atom stereocenters. The van der Waals surface area contributed by atoms with Crippen molar-refractivity contribution in [2.45, 2.75) is 18.8 Å². The summed E-state index contributed by atoms with van der Waals surface area (Å²) in [4.78, 5) is 55.5. The Labute approximate surface area is 237 Å². The molecule has 0 saturated carbocycles. The third-order valence-electron chi connectivity index (χ3n) is 7.99. The second kappa shape index (κ2) is 10.0. The molecule has 1 aliphatic heterocycles. The Balaban J connectivity index is 1.48. The van der Waals surface area contributed by atoms with Crippen LogP contribution in [0.1, 0.15) is 24.3 Å². The summed E-state index contributed by atoms with van der Waals surface area (Å²) in [6, 6.07) is 13.8. The molecule has 0 radical (unpaired) electrons. The minimum Gasteiger partial charge on any atom is -0.491 e. The van der Waals surface area contributed by atoms with E-state index in [1.807, 2.05) is 18.2 Å². The molecule has 1 saturated heterocycles. The molecule has 0 unspecified atom stereocenters. The van der Waals surface area contributed by atoms with Crippen molar-refractivity contribution in [3.63, 3.8) is 0 Å². The number of amides is 2. The minimum absolute atomic E-state index is 0.0597. The van der Waals surface area contributed by atoms with Gasteiger partial charge in [0.25, 0.3) is 0 Å². The van der Waals surface area contributed by atoms with E-state index in [-0.39, 0.29) is 47.5 Å². The maximum Gasteiger partial charge on any atom is 0.238 e. The zero-order valence-corrected chi connectivity index (χ0v) is 22.9. The molecule has 4 aliphatic rings. The first-order valence-electron chi connectivity index (χ1n) is 12.7. The lowest BCUT2D eigenvalue weighted by molar-refractivity contribution is -0.123. The Morgan fingerprint density at radius 1 is 1.00 bits per heavy atom. The molecule has 39 heavy (non-hydrogen) atoms. The number of anilines is 1. The van der Waals surface area contributed by atoms with Crippen LogP contribution in [-0.2, 0) is 19.2 Å². The molecule has 1 N–H and O–H groups in total. The second-order valence-electron chi connectivity index (χ2n) is 9.99. The maximum atomic E-state index is 13.9. The lowest BCUT2D eigenvalue weighted by Gasteiger charge is -2.42. The summed E-state index contributed by atoms with van der Waals surface area (Å²) in [5.41, 5.74) is 2.68.